The lowest BCUT2D eigenvalue weighted by Crippen LogP contribution is -2.06. The van der Waals surface area contributed by atoms with Crippen LogP contribution in [0.1, 0.15) is 27.2 Å². The molecule has 2 N–H and O–H groups in total. The van der Waals surface area contributed by atoms with Crippen molar-refractivity contribution in [3.63, 3.8) is 0 Å². The molecule has 0 unspecified atom stereocenters. The van der Waals surface area contributed by atoms with Gasteiger partial charge in [-0.2, -0.15) is 0 Å². The number of rotatable bonds is 3. The maximum Gasteiger partial charge on any atom is 0.340 e. The first-order valence-corrected chi connectivity index (χ1v) is 7.08. The smallest absolute Gasteiger partial charge is 0.340 e. The number of aromatic hydroxyl groups is 1. The molecular formula is C18H17NO3. The van der Waals surface area contributed by atoms with Crippen molar-refractivity contribution in [3.8, 4) is 5.75 Å². The first-order chi connectivity index (χ1) is 10.5. The number of carbonyl (C=O) groups excluding carboxylic acids is 1. The van der Waals surface area contributed by atoms with Gasteiger partial charge in [0.15, 0.2) is 0 Å². The van der Waals surface area contributed by atoms with Gasteiger partial charge in [0.25, 0.3) is 0 Å². The van der Waals surface area contributed by atoms with E-state index in [1.807, 2.05) is 38.1 Å². The Bertz CT molecular complexity index is 849. The lowest BCUT2D eigenvalue weighted by Gasteiger charge is -2.06. The Kier molecular flexibility index (Phi) is 3.59. The van der Waals surface area contributed by atoms with Crippen LogP contribution in [0.2, 0.25) is 0 Å². The van der Waals surface area contributed by atoms with Crippen molar-refractivity contribution < 1.29 is 14.6 Å². The van der Waals surface area contributed by atoms with Crippen LogP contribution in [0, 0.1) is 13.8 Å². The number of fused-ring (bicyclic) bond motifs is 1. The number of ether oxygens (including phenoxy) is 1. The van der Waals surface area contributed by atoms with Crippen LogP contribution in [0.3, 0.4) is 0 Å². The molecule has 0 aliphatic carbocycles. The summed E-state index contributed by atoms with van der Waals surface area (Å²) in [4.78, 5) is 15.5. The molecule has 0 bridgehead atoms. The molecule has 0 saturated carbocycles. The average Bonchev–Trinajstić information content (AvgIpc) is 2.80. The van der Waals surface area contributed by atoms with E-state index in [9.17, 15) is 9.90 Å². The Morgan fingerprint density at radius 3 is 2.77 bits per heavy atom. The minimum Gasteiger partial charge on any atom is -0.508 e. The van der Waals surface area contributed by atoms with E-state index in [0.29, 0.717) is 10.9 Å². The van der Waals surface area contributed by atoms with Crippen molar-refractivity contribution in [2.45, 2.75) is 20.5 Å². The largest absolute Gasteiger partial charge is 0.508 e. The Labute approximate surface area is 128 Å². The number of phenolic OH excluding ortho intramolecular Hbond substituents is 1. The summed E-state index contributed by atoms with van der Waals surface area (Å²) in [7, 11) is 0. The highest BCUT2D eigenvalue weighted by Crippen LogP contribution is 2.26. The number of phenols is 1. The summed E-state index contributed by atoms with van der Waals surface area (Å²) in [6, 6.07) is 12.7. The normalized spacial score (nSPS) is 10.8. The Balaban J connectivity index is 1.86. The van der Waals surface area contributed by atoms with Gasteiger partial charge in [-0.1, -0.05) is 29.8 Å². The highest BCUT2D eigenvalue weighted by atomic mass is 16.5. The summed E-state index contributed by atoms with van der Waals surface area (Å²) in [5.74, 6) is -0.268. The Morgan fingerprint density at radius 1 is 1.18 bits per heavy atom. The summed E-state index contributed by atoms with van der Waals surface area (Å²) in [6.07, 6.45) is 0. The lowest BCUT2D eigenvalue weighted by atomic mass is 10.1. The zero-order valence-electron chi connectivity index (χ0n) is 12.5. The summed E-state index contributed by atoms with van der Waals surface area (Å²) in [6.45, 7) is 4.05. The van der Waals surface area contributed by atoms with Gasteiger partial charge in [0.05, 0.1) is 5.56 Å². The molecule has 3 rings (SSSR count). The number of hydrogen-bond acceptors (Lipinski definition) is 3. The number of hydrogen-bond donors (Lipinski definition) is 2. The van der Waals surface area contributed by atoms with Gasteiger partial charge in [-0.05, 0) is 37.6 Å². The number of benzene rings is 2. The molecule has 0 atom stereocenters. The summed E-state index contributed by atoms with van der Waals surface area (Å²) in [5, 5.41) is 10.3. The topological polar surface area (TPSA) is 62.3 Å². The molecule has 2 aromatic carbocycles. The maximum atomic E-state index is 12.4. The molecule has 4 heteroatoms. The number of aromatic nitrogens is 1. The molecule has 1 aromatic heterocycles. The molecule has 22 heavy (non-hydrogen) atoms. The SMILES string of the molecule is Cc1cccc(COC(=O)c2c(C)[nH]c3ccc(O)cc23)c1. The van der Waals surface area contributed by atoms with Crippen LogP contribution in [-0.2, 0) is 11.3 Å². The molecule has 0 radical (unpaired) electrons. The van der Waals surface area contributed by atoms with E-state index < -0.39 is 5.97 Å². The summed E-state index contributed by atoms with van der Waals surface area (Å²) >= 11 is 0. The monoisotopic (exact) mass is 295 g/mol. The summed E-state index contributed by atoms with van der Waals surface area (Å²) < 4.78 is 5.42. The van der Waals surface area contributed by atoms with E-state index in [0.717, 1.165) is 22.3 Å². The van der Waals surface area contributed by atoms with Gasteiger partial charge in [-0.15, -0.1) is 0 Å². The second-order valence-corrected chi connectivity index (χ2v) is 5.42. The zero-order chi connectivity index (χ0) is 15.7. The Morgan fingerprint density at radius 2 is 2.00 bits per heavy atom. The fourth-order valence-corrected chi connectivity index (χ4v) is 2.60. The van der Waals surface area contributed by atoms with Gasteiger partial charge in [0.2, 0.25) is 0 Å². The van der Waals surface area contributed by atoms with E-state index in [1.54, 1.807) is 18.2 Å². The van der Waals surface area contributed by atoms with Gasteiger partial charge in [-0.3, -0.25) is 0 Å². The number of H-pyrrole nitrogens is 1. The lowest BCUT2D eigenvalue weighted by molar-refractivity contribution is 0.0474. The van der Waals surface area contributed by atoms with E-state index in [1.165, 1.54) is 0 Å². The third-order valence-electron chi connectivity index (χ3n) is 3.63. The number of aromatic amines is 1. The maximum absolute atomic E-state index is 12.4. The van der Waals surface area contributed by atoms with Crippen LogP contribution >= 0.6 is 0 Å². The first-order valence-electron chi connectivity index (χ1n) is 7.08. The quantitative estimate of drug-likeness (QED) is 0.721. The molecule has 0 aliphatic rings. The van der Waals surface area contributed by atoms with E-state index >= 15 is 0 Å². The molecule has 112 valence electrons. The Hall–Kier alpha value is -2.75. The van der Waals surface area contributed by atoms with Gasteiger partial charge in [0.1, 0.15) is 12.4 Å². The molecule has 1 heterocycles. The average molecular weight is 295 g/mol. The molecular weight excluding hydrogens is 278 g/mol. The third-order valence-corrected chi connectivity index (χ3v) is 3.63. The number of carbonyl (C=O) groups is 1. The van der Waals surface area contributed by atoms with Crippen molar-refractivity contribution in [3.05, 3.63) is 64.8 Å². The van der Waals surface area contributed by atoms with Crippen LogP contribution < -0.4 is 0 Å². The van der Waals surface area contributed by atoms with E-state index in [2.05, 4.69) is 4.98 Å². The summed E-state index contributed by atoms with van der Waals surface area (Å²) in [5.41, 5.74) is 4.08. The minimum absolute atomic E-state index is 0.124. The van der Waals surface area contributed by atoms with Crippen molar-refractivity contribution in [2.75, 3.05) is 0 Å². The van der Waals surface area contributed by atoms with Gasteiger partial charge < -0.3 is 14.8 Å². The molecule has 4 nitrogen and oxygen atoms in total. The van der Waals surface area contributed by atoms with E-state index in [4.69, 9.17) is 4.74 Å². The zero-order valence-corrected chi connectivity index (χ0v) is 12.5. The van der Waals surface area contributed by atoms with Crippen molar-refractivity contribution in [1.82, 2.24) is 4.98 Å². The first kappa shape index (κ1) is 14.2. The predicted molar refractivity (Wildman–Crippen MR) is 85.0 cm³/mol. The molecule has 0 saturated heterocycles. The second kappa shape index (κ2) is 5.56. The third kappa shape index (κ3) is 2.68. The number of aryl methyl sites for hydroxylation is 2. The molecule has 3 aromatic rings. The fraction of sp³-hybridized carbons (Fsp3) is 0.167. The molecule has 0 spiro atoms. The molecule has 0 fully saturated rings. The van der Waals surface area contributed by atoms with Crippen LogP contribution in [-0.4, -0.2) is 16.1 Å². The van der Waals surface area contributed by atoms with Gasteiger partial charge in [0, 0.05) is 16.6 Å². The second-order valence-electron chi connectivity index (χ2n) is 5.42. The van der Waals surface area contributed by atoms with Crippen LogP contribution in [0.15, 0.2) is 42.5 Å². The van der Waals surface area contributed by atoms with Crippen LogP contribution in [0.5, 0.6) is 5.75 Å². The molecule has 0 aliphatic heterocycles. The standard InChI is InChI=1S/C18H17NO3/c1-11-4-3-5-13(8-11)10-22-18(21)17-12(2)19-16-7-6-14(20)9-15(16)17/h3-9,19-20H,10H2,1-2H3. The van der Waals surface area contributed by atoms with Crippen LogP contribution in [0.25, 0.3) is 10.9 Å². The number of nitrogens with one attached hydrogen (secondary N) is 1. The number of esters is 1. The fourth-order valence-electron chi connectivity index (χ4n) is 2.60. The van der Waals surface area contributed by atoms with E-state index in [-0.39, 0.29) is 12.4 Å². The van der Waals surface area contributed by atoms with Gasteiger partial charge in [-0.25, -0.2) is 4.79 Å². The van der Waals surface area contributed by atoms with Crippen molar-refractivity contribution in [2.24, 2.45) is 0 Å². The molecule has 0 amide bonds. The minimum atomic E-state index is -0.393. The highest BCUT2D eigenvalue weighted by molar-refractivity contribution is 6.05. The van der Waals surface area contributed by atoms with Crippen LogP contribution in [0.4, 0.5) is 0 Å². The van der Waals surface area contributed by atoms with Crippen molar-refractivity contribution >= 4 is 16.9 Å². The highest BCUT2D eigenvalue weighted by Gasteiger charge is 2.18. The predicted octanol–water partition coefficient (Wildman–Crippen LogP) is 3.85. The van der Waals surface area contributed by atoms with Gasteiger partial charge >= 0.3 is 5.97 Å². The van der Waals surface area contributed by atoms with Crippen molar-refractivity contribution in [1.29, 1.82) is 0 Å².